The Balaban J connectivity index is 2.51. The van der Waals surface area contributed by atoms with Gasteiger partial charge >= 0.3 is 0 Å². The van der Waals surface area contributed by atoms with Crippen LogP contribution in [0.15, 0.2) is 34.6 Å². The molecule has 0 N–H and O–H groups in total. The van der Waals surface area contributed by atoms with Gasteiger partial charge in [0.25, 0.3) is 0 Å². The molecule has 0 spiro atoms. The second-order valence-corrected chi connectivity index (χ2v) is 4.22. The first-order chi connectivity index (χ1) is 10.1. The molecule has 0 amide bonds. The molecule has 0 saturated heterocycles. The summed E-state index contributed by atoms with van der Waals surface area (Å²) in [6.07, 6.45) is 3.20. The third-order valence-electron chi connectivity index (χ3n) is 2.48. The zero-order chi connectivity index (χ0) is 15.4. The van der Waals surface area contributed by atoms with Crippen LogP contribution in [0.3, 0.4) is 0 Å². The van der Waals surface area contributed by atoms with E-state index in [1.54, 1.807) is 6.07 Å². The first-order valence-corrected chi connectivity index (χ1v) is 5.86. The number of pyridine rings is 1. The molecule has 0 unspecified atom stereocenters. The van der Waals surface area contributed by atoms with Gasteiger partial charge < -0.3 is 10.6 Å². The topological polar surface area (TPSA) is 83.7 Å². The van der Waals surface area contributed by atoms with Crippen molar-refractivity contribution in [1.82, 2.24) is 4.98 Å². The van der Waals surface area contributed by atoms with Crippen LogP contribution in [0.25, 0.3) is 5.53 Å². The van der Waals surface area contributed by atoms with Gasteiger partial charge in [-0.2, -0.15) is 5.26 Å². The van der Waals surface area contributed by atoms with Crippen LogP contribution < -0.4 is 0 Å². The van der Waals surface area contributed by atoms with E-state index in [0.29, 0.717) is 0 Å². The zero-order valence-electron chi connectivity index (χ0n) is 10.3. The number of aromatic nitrogens is 1. The fourth-order valence-corrected chi connectivity index (χ4v) is 1.81. The highest BCUT2D eigenvalue weighted by atomic mass is 35.5. The van der Waals surface area contributed by atoms with Crippen LogP contribution in [0.2, 0.25) is 5.02 Å². The predicted octanol–water partition coefficient (Wildman–Crippen LogP) is 4.29. The highest BCUT2D eigenvalue weighted by Gasteiger charge is 2.09. The van der Waals surface area contributed by atoms with E-state index in [2.05, 4.69) is 15.1 Å². The molecular weight excluding hydrogens is 300 g/mol. The number of nitriles is 1. The molecule has 104 valence electrons. The van der Waals surface area contributed by atoms with E-state index < -0.39 is 11.6 Å². The number of aliphatic imine (C=N–C) groups is 1. The van der Waals surface area contributed by atoms with Crippen molar-refractivity contribution in [2.24, 2.45) is 10.1 Å². The summed E-state index contributed by atoms with van der Waals surface area (Å²) in [7, 11) is 0. The summed E-state index contributed by atoms with van der Waals surface area (Å²) in [5.41, 5.74) is 8.41. The van der Waals surface area contributed by atoms with Crippen LogP contribution in [0, 0.1) is 23.0 Å². The monoisotopic (exact) mass is 304 g/mol. The van der Waals surface area contributed by atoms with E-state index in [9.17, 15) is 8.78 Å². The standard InChI is InChI=1S/C13H5ClF2N5/c14-10-2-9(15)1-7(3-17)12(10)20-5-8-4-19-6-11(16)13(8)21-18/h1-2,4-6H/q-1. The van der Waals surface area contributed by atoms with Gasteiger partial charge in [0, 0.05) is 18.0 Å². The predicted molar refractivity (Wildman–Crippen MR) is 73.0 cm³/mol. The Labute approximate surface area is 123 Å². The van der Waals surface area contributed by atoms with Crippen LogP contribution in [0.5, 0.6) is 0 Å². The highest BCUT2D eigenvalue weighted by Crippen LogP contribution is 2.30. The minimum atomic E-state index is -0.841. The van der Waals surface area contributed by atoms with E-state index in [-0.39, 0.29) is 27.5 Å². The molecule has 0 bridgehead atoms. The lowest BCUT2D eigenvalue weighted by atomic mass is 10.2. The van der Waals surface area contributed by atoms with Crippen molar-refractivity contribution < 1.29 is 8.78 Å². The van der Waals surface area contributed by atoms with Crippen LogP contribution in [0.1, 0.15) is 11.1 Å². The Morgan fingerprint density at radius 2 is 2.05 bits per heavy atom. The fourth-order valence-electron chi connectivity index (χ4n) is 1.56. The Morgan fingerprint density at radius 3 is 2.71 bits per heavy atom. The van der Waals surface area contributed by atoms with Gasteiger partial charge in [0.2, 0.25) is 0 Å². The average molecular weight is 305 g/mol. The molecule has 0 atom stereocenters. The molecule has 0 fully saturated rings. The molecule has 0 aliphatic heterocycles. The van der Waals surface area contributed by atoms with Crippen molar-refractivity contribution in [2.75, 3.05) is 0 Å². The summed E-state index contributed by atoms with van der Waals surface area (Å²) in [5, 5.41) is 11.7. The minimum Gasteiger partial charge on any atom is -0.706 e. The van der Waals surface area contributed by atoms with Crippen LogP contribution in [-0.4, -0.2) is 11.2 Å². The summed E-state index contributed by atoms with van der Waals surface area (Å²) in [6, 6.07) is 3.72. The van der Waals surface area contributed by atoms with Gasteiger partial charge in [-0.25, -0.2) is 8.78 Å². The van der Waals surface area contributed by atoms with Gasteiger partial charge in [0.15, 0.2) is 5.82 Å². The van der Waals surface area contributed by atoms with Gasteiger partial charge in [-0.3, -0.25) is 9.98 Å². The molecule has 0 saturated carbocycles. The molecule has 2 rings (SSSR count). The fraction of sp³-hybridized carbons (Fsp3) is 0. The van der Waals surface area contributed by atoms with Crippen molar-refractivity contribution in [3.05, 3.63) is 57.8 Å². The van der Waals surface area contributed by atoms with Crippen molar-refractivity contribution in [3.8, 4) is 6.07 Å². The first-order valence-electron chi connectivity index (χ1n) is 5.48. The molecule has 1 aromatic heterocycles. The van der Waals surface area contributed by atoms with E-state index in [0.717, 1.165) is 24.5 Å². The highest BCUT2D eigenvalue weighted by molar-refractivity contribution is 6.33. The molecule has 0 aliphatic carbocycles. The summed E-state index contributed by atoms with van der Waals surface area (Å²) in [5.74, 6) is -1.51. The maximum absolute atomic E-state index is 13.3. The lowest BCUT2D eigenvalue weighted by molar-refractivity contribution is 0.623. The van der Waals surface area contributed by atoms with E-state index >= 15 is 0 Å². The maximum atomic E-state index is 13.3. The number of rotatable bonds is 3. The average Bonchev–Trinajstić information content (AvgIpc) is 2.45. The Kier molecular flexibility index (Phi) is 4.30. The van der Waals surface area contributed by atoms with E-state index in [1.165, 1.54) is 6.20 Å². The summed E-state index contributed by atoms with van der Waals surface area (Å²) in [4.78, 5) is 7.50. The first kappa shape index (κ1) is 14.7. The number of hydrogen-bond acceptors (Lipinski definition) is 4. The van der Waals surface area contributed by atoms with Crippen molar-refractivity contribution >= 4 is 29.2 Å². The van der Waals surface area contributed by atoms with E-state index in [4.69, 9.17) is 22.4 Å². The normalized spacial score (nSPS) is 10.6. The second kappa shape index (κ2) is 6.15. The van der Waals surface area contributed by atoms with Gasteiger partial charge in [0.05, 0.1) is 28.2 Å². The van der Waals surface area contributed by atoms with Crippen molar-refractivity contribution in [1.29, 1.82) is 5.26 Å². The molecule has 0 aliphatic rings. The van der Waals surface area contributed by atoms with Crippen LogP contribution in [0.4, 0.5) is 20.2 Å². The van der Waals surface area contributed by atoms with Gasteiger partial charge in [-0.05, 0) is 12.1 Å². The molecule has 0 radical (unpaired) electrons. The molecule has 21 heavy (non-hydrogen) atoms. The molecule has 1 heterocycles. The summed E-state index contributed by atoms with van der Waals surface area (Å²) in [6.45, 7) is 0. The number of benzene rings is 1. The Hall–Kier alpha value is -2.72. The third kappa shape index (κ3) is 3.07. The van der Waals surface area contributed by atoms with Crippen molar-refractivity contribution in [2.45, 2.75) is 0 Å². The number of hydrogen-bond donors (Lipinski definition) is 0. The van der Waals surface area contributed by atoms with E-state index in [1.807, 2.05) is 0 Å². The third-order valence-corrected chi connectivity index (χ3v) is 2.77. The molecule has 5 nitrogen and oxygen atoms in total. The molecule has 1 aromatic carbocycles. The SMILES string of the molecule is N#Cc1cc(F)cc(Cl)c1N=Cc1cncc(F)c1N=[N-]. The summed E-state index contributed by atoms with van der Waals surface area (Å²) < 4.78 is 26.5. The second-order valence-electron chi connectivity index (χ2n) is 3.81. The molecular formula is C13H5ClF2N5-. The van der Waals surface area contributed by atoms with Crippen LogP contribution in [-0.2, 0) is 0 Å². The molecule has 2 aromatic rings. The number of halogens is 3. The van der Waals surface area contributed by atoms with Crippen molar-refractivity contribution in [3.63, 3.8) is 0 Å². The smallest absolute Gasteiger partial charge is 0.165 e. The Morgan fingerprint density at radius 1 is 1.29 bits per heavy atom. The maximum Gasteiger partial charge on any atom is 0.165 e. The lowest BCUT2D eigenvalue weighted by Gasteiger charge is -2.04. The van der Waals surface area contributed by atoms with Crippen LogP contribution >= 0.6 is 11.6 Å². The van der Waals surface area contributed by atoms with Gasteiger partial charge in [-0.15, -0.1) is 0 Å². The zero-order valence-corrected chi connectivity index (χ0v) is 11.0. The summed E-state index contributed by atoms with van der Waals surface area (Å²) >= 11 is 5.82. The quantitative estimate of drug-likeness (QED) is 0.626. The van der Waals surface area contributed by atoms with Gasteiger partial charge in [-0.1, -0.05) is 11.6 Å². The number of nitrogens with zero attached hydrogens (tertiary/aromatic N) is 5. The Bertz CT molecular complexity index is 783. The largest absolute Gasteiger partial charge is 0.706 e. The van der Waals surface area contributed by atoms with Gasteiger partial charge in [0.1, 0.15) is 11.9 Å². The molecule has 8 heteroatoms. The lowest BCUT2D eigenvalue weighted by Crippen LogP contribution is -1.89. The minimum absolute atomic E-state index is 0.0220.